The number of halogens is 3. The second-order valence-corrected chi connectivity index (χ2v) is 8.65. The molecule has 7 nitrogen and oxygen atoms in total. The number of hydrogen-bond donors (Lipinski definition) is 1. The molecule has 0 radical (unpaired) electrons. The number of benzene rings is 1. The van der Waals surface area contributed by atoms with Crippen LogP contribution in [0.15, 0.2) is 52.3 Å². The van der Waals surface area contributed by atoms with Gasteiger partial charge in [0, 0.05) is 31.9 Å². The summed E-state index contributed by atoms with van der Waals surface area (Å²) in [6, 6.07) is 6.90. The maximum atomic E-state index is 12.6. The third kappa shape index (κ3) is 6.41. The van der Waals surface area contributed by atoms with E-state index in [9.17, 15) is 31.2 Å². The zero-order valence-electron chi connectivity index (χ0n) is 17.1. The number of sulfonamides is 1. The Morgan fingerprint density at radius 3 is 2.23 bits per heavy atom. The van der Waals surface area contributed by atoms with Crippen molar-refractivity contribution in [3.8, 4) is 0 Å². The molecule has 170 valence electrons. The molecule has 0 atom stereocenters. The first kappa shape index (κ1) is 24.6. The van der Waals surface area contributed by atoms with Crippen molar-refractivity contribution < 1.29 is 26.4 Å². The first-order valence-electron chi connectivity index (χ1n) is 9.62. The molecule has 1 aromatic heterocycles. The third-order valence-electron chi connectivity index (χ3n) is 4.63. The van der Waals surface area contributed by atoms with Gasteiger partial charge in [0.2, 0.25) is 15.9 Å². The molecule has 1 N–H and O–H groups in total. The second kappa shape index (κ2) is 10.1. The van der Waals surface area contributed by atoms with Crippen molar-refractivity contribution in [1.29, 1.82) is 0 Å². The summed E-state index contributed by atoms with van der Waals surface area (Å²) in [6.45, 7) is 3.69. The Morgan fingerprint density at radius 1 is 1.06 bits per heavy atom. The van der Waals surface area contributed by atoms with E-state index in [1.54, 1.807) is 13.8 Å². The van der Waals surface area contributed by atoms with Gasteiger partial charge in [-0.25, -0.2) is 8.42 Å². The average molecular weight is 459 g/mol. The summed E-state index contributed by atoms with van der Waals surface area (Å²) in [5, 5.41) is 2.57. The fourth-order valence-electron chi connectivity index (χ4n) is 2.92. The highest BCUT2D eigenvalue weighted by Gasteiger charge is 2.29. The van der Waals surface area contributed by atoms with Crippen LogP contribution in [0.4, 0.5) is 13.2 Å². The molecule has 1 amide bonds. The molecule has 0 saturated carbocycles. The molecule has 0 spiro atoms. The van der Waals surface area contributed by atoms with Crippen molar-refractivity contribution in [2.24, 2.45) is 0 Å². The van der Waals surface area contributed by atoms with Gasteiger partial charge in [-0.2, -0.15) is 17.5 Å². The number of aromatic nitrogens is 1. The van der Waals surface area contributed by atoms with Crippen LogP contribution in [-0.2, 0) is 34.0 Å². The summed E-state index contributed by atoms with van der Waals surface area (Å²) in [7, 11) is -3.78. The zero-order chi connectivity index (χ0) is 23.2. The minimum atomic E-state index is -4.41. The molecule has 2 rings (SSSR count). The number of rotatable bonds is 9. The van der Waals surface area contributed by atoms with E-state index in [1.807, 2.05) is 0 Å². The number of nitrogens with zero attached hydrogens (tertiary/aromatic N) is 2. The molecule has 0 aliphatic heterocycles. The minimum Gasteiger partial charge on any atom is -0.354 e. The van der Waals surface area contributed by atoms with Gasteiger partial charge in [0.05, 0.1) is 10.5 Å². The molecule has 0 bridgehead atoms. The van der Waals surface area contributed by atoms with E-state index in [-0.39, 0.29) is 31.1 Å². The van der Waals surface area contributed by atoms with Crippen molar-refractivity contribution in [3.63, 3.8) is 0 Å². The van der Waals surface area contributed by atoms with E-state index in [4.69, 9.17) is 0 Å². The summed E-state index contributed by atoms with van der Waals surface area (Å²) >= 11 is 0. The van der Waals surface area contributed by atoms with Crippen molar-refractivity contribution in [1.82, 2.24) is 14.2 Å². The summed E-state index contributed by atoms with van der Waals surface area (Å²) in [5.74, 6) is -0.522. The predicted molar refractivity (Wildman–Crippen MR) is 109 cm³/mol. The zero-order valence-corrected chi connectivity index (χ0v) is 18.0. The Labute approximate surface area is 178 Å². The van der Waals surface area contributed by atoms with Crippen LogP contribution in [0, 0.1) is 0 Å². The summed E-state index contributed by atoms with van der Waals surface area (Å²) in [5.41, 5.74) is -0.673. The number of nitrogens with one attached hydrogen (secondary N) is 1. The van der Waals surface area contributed by atoms with E-state index in [0.29, 0.717) is 12.0 Å². The Morgan fingerprint density at radius 2 is 1.68 bits per heavy atom. The maximum absolute atomic E-state index is 12.6. The van der Waals surface area contributed by atoms with Gasteiger partial charge >= 0.3 is 6.18 Å². The first-order chi connectivity index (χ1) is 14.5. The van der Waals surface area contributed by atoms with Crippen LogP contribution in [0.1, 0.15) is 25.0 Å². The quantitative estimate of drug-likeness (QED) is 0.623. The smallest absolute Gasteiger partial charge is 0.354 e. The highest BCUT2D eigenvalue weighted by Crippen LogP contribution is 2.29. The highest BCUT2D eigenvalue weighted by molar-refractivity contribution is 7.89. The molecule has 31 heavy (non-hydrogen) atoms. The van der Waals surface area contributed by atoms with Crippen molar-refractivity contribution in [3.05, 3.63) is 64.1 Å². The second-order valence-electron chi connectivity index (χ2n) is 6.71. The van der Waals surface area contributed by atoms with E-state index >= 15 is 0 Å². The number of carbonyl (C=O) groups excluding carboxylic acids is 1. The van der Waals surface area contributed by atoms with Gasteiger partial charge in [-0.3, -0.25) is 9.59 Å². The Kier molecular flexibility index (Phi) is 8.02. The van der Waals surface area contributed by atoms with Gasteiger partial charge in [0.25, 0.3) is 5.56 Å². The highest BCUT2D eigenvalue weighted by atomic mass is 32.2. The fraction of sp³-hybridized carbons (Fsp3) is 0.400. The van der Waals surface area contributed by atoms with Gasteiger partial charge in [0.15, 0.2) is 0 Å². The summed E-state index contributed by atoms with van der Waals surface area (Å²) in [6.07, 6.45) is -2.98. The van der Waals surface area contributed by atoms with Crippen LogP contribution in [0.25, 0.3) is 0 Å². The van der Waals surface area contributed by atoms with E-state index in [1.165, 1.54) is 22.5 Å². The van der Waals surface area contributed by atoms with Crippen LogP contribution in [0.5, 0.6) is 0 Å². The lowest BCUT2D eigenvalue weighted by Crippen LogP contribution is -2.35. The minimum absolute atomic E-state index is 0.0895. The molecular formula is C20H24F3N3O4S. The molecule has 0 saturated heterocycles. The van der Waals surface area contributed by atoms with Crippen LogP contribution in [0.2, 0.25) is 0 Å². The molecule has 1 heterocycles. The third-order valence-corrected chi connectivity index (χ3v) is 6.66. The lowest BCUT2D eigenvalue weighted by Gasteiger charge is -2.19. The van der Waals surface area contributed by atoms with E-state index in [0.717, 1.165) is 29.0 Å². The molecule has 0 aliphatic carbocycles. The SMILES string of the molecule is CCN(CC)S(=O)(=O)c1ccc(=O)n(CC(=O)NCCc2ccc(C(F)(F)F)cc2)c1. The van der Waals surface area contributed by atoms with Crippen LogP contribution in [-0.4, -0.2) is 42.8 Å². The topological polar surface area (TPSA) is 88.5 Å². The molecule has 2 aromatic rings. The largest absolute Gasteiger partial charge is 0.416 e. The fourth-order valence-corrected chi connectivity index (χ4v) is 4.39. The molecular weight excluding hydrogens is 435 g/mol. The number of hydrogen-bond acceptors (Lipinski definition) is 4. The molecule has 0 fully saturated rings. The summed E-state index contributed by atoms with van der Waals surface area (Å²) in [4.78, 5) is 24.1. The Balaban J connectivity index is 2.00. The lowest BCUT2D eigenvalue weighted by atomic mass is 10.1. The summed E-state index contributed by atoms with van der Waals surface area (Å²) < 4.78 is 65.2. The van der Waals surface area contributed by atoms with Gasteiger partial charge in [-0.1, -0.05) is 26.0 Å². The maximum Gasteiger partial charge on any atom is 0.416 e. The normalized spacial score (nSPS) is 12.2. The van der Waals surface area contributed by atoms with Gasteiger partial charge < -0.3 is 9.88 Å². The number of alkyl halides is 3. The lowest BCUT2D eigenvalue weighted by molar-refractivity contribution is -0.137. The molecule has 1 aromatic carbocycles. The van der Waals surface area contributed by atoms with Crippen LogP contribution >= 0.6 is 0 Å². The number of amides is 1. The van der Waals surface area contributed by atoms with Gasteiger partial charge in [-0.05, 0) is 30.2 Å². The Hall–Kier alpha value is -2.66. The molecule has 0 aliphatic rings. The van der Waals surface area contributed by atoms with Crippen molar-refractivity contribution >= 4 is 15.9 Å². The standard InChI is InChI=1S/C20H24F3N3O4S/c1-3-26(4-2)31(29,30)17-9-10-19(28)25(13-17)14-18(27)24-12-11-15-5-7-16(8-6-15)20(21,22)23/h5-10,13H,3-4,11-12,14H2,1-2H3,(H,24,27). The van der Waals surface area contributed by atoms with Gasteiger partial charge in [0.1, 0.15) is 6.54 Å². The average Bonchev–Trinajstić information content (AvgIpc) is 2.70. The van der Waals surface area contributed by atoms with Crippen molar-refractivity contribution in [2.75, 3.05) is 19.6 Å². The van der Waals surface area contributed by atoms with Gasteiger partial charge in [-0.15, -0.1) is 0 Å². The number of carbonyl (C=O) groups is 1. The van der Waals surface area contributed by atoms with E-state index in [2.05, 4.69) is 5.32 Å². The molecule has 11 heteroatoms. The van der Waals surface area contributed by atoms with E-state index < -0.39 is 33.2 Å². The number of pyridine rings is 1. The predicted octanol–water partition coefficient (Wildman–Crippen LogP) is 2.26. The molecule has 0 unspecified atom stereocenters. The van der Waals surface area contributed by atoms with Crippen LogP contribution < -0.4 is 10.9 Å². The van der Waals surface area contributed by atoms with Crippen LogP contribution in [0.3, 0.4) is 0 Å². The Bertz CT molecular complexity index is 1060. The van der Waals surface area contributed by atoms with Crippen molar-refractivity contribution in [2.45, 2.75) is 37.9 Å². The first-order valence-corrected chi connectivity index (χ1v) is 11.1. The monoisotopic (exact) mass is 459 g/mol.